The summed E-state index contributed by atoms with van der Waals surface area (Å²) in [5.41, 5.74) is 3.27. The highest BCUT2D eigenvalue weighted by molar-refractivity contribution is 6.04. The molecule has 39 heavy (non-hydrogen) atoms. The van der Waals surface area contributed by atoms with E-state index in [0.717, 1.165) is 49.1 Å². The van der Waals surface area contributed by atoms with Gasteiger partial charge in [-0.05, 0) is 83.2 Å². The van der Waals surface area contributed by atoms with Crippen LogP contribution in [0.3, 0.4) is 0 Å². The van der Waals surface area contributed by atoms with Crippen molar-refractivity contribution in [2.75, 3.05) is 39.7 Å². The summed E-state index contributed by atoms with van der Waals surface area (Å²) in [7, 11) is 5.75. The Morgan fingerprint density at radius 2 is 1.77 bits per heavy atom. The molecule has 0 fully saturated rings. The summed E-state index contributed by atoms with van der Waals surface area (Å²) in [5, 5.41) is 8.91. The molecule has 0 radical (unpaired) electrons. The fourth-order valence-corrected chi connectivity index (χ4v) is 4.20. The zero-order valence-electron chi connectivity index (χ0n) is 23.9. The first-order valence-electron chi connectivity index (χ1n) is 13.7. The van der Waals surface area contributed by atoms with Crippen LogP contribution >= 0.6 is 0 Å². The van der Waals surface area contributed by atoms with Gasteiger partial charge in [-0.3, -0.25) is 10.1 Å². The Labute approximate surface area is 232 Å². The molecule has 1 heterocycles. The highest BCUT2D eigenvalue weighted by Crippen LogP contribution is 2.30. The topological polar surface area (TPSA) is 92.7 Å². The van der Waals surface area contributed by atoms with Gasteiger partial charge in [-0.2, -0.15) is 5.10 Å². The molecule has 0 saturated carbocycles. The molecule has 0 saturated heterocycles. The maximum absolute atomic E-state index is 12.6. The van der Waals surface area contributed by atoms with E-state index >= 15 is 0 Å². The van der Waals surface area contributed by atoms with E-state index in [1.165, 1.54) is 5.01 Å². The van der Waals surface area contributed by atoms with Crippen molar-refractivity contribution in [2.45, 2.75) is 65.0 Å². The molecule has 2 aromatic carbocycles. The van der Waals surface area contributed by atoms with Crippen molar-refractivity contribution in [1.29, 1.82) is 0 Å². The van der Waals surface area contributed by atoms with Crippen LogP contribution < -0.4 is 14.8 Å². The summed E-state index contributed by atoms with van der Waals surface area (Å²) in [6, 6.07) is 13.1. The number of hydrazone groups is 1. The lowest BCUT2D eigenvalue weighted by molar-refractivity contribution is -0.132. The molecular formula is C30H42N4O5. The van der Waals surface area contributed by atoms with Crippen LogP contribution in [0.25, 0.3) is 0 Å². The lowest BCUT2D eigenvalue weighted by Crippen LogP contribution is -2.31. The molecular weight excluding hydrogens is 496 g/mol. The standard InChI is InChI=1S/C30H42N4O5/c1-22(2)39-28-20-24(12-16-27(28)37-5)26-15-17-29(35)34(32-26)21-23-10-13-25(14-11-23)31-30(36)38-19-9-7-6-8-18-33(3)4/h10-14,16,20,22H,6-9,15,17-19,21H2,1-5H3,(H,31,36). The molecule has 0 aromatic heterocycles. The zero-order valence-corrected chi connectivity index (χ0v) is 23.9. The molecule has 3 rings (SSSR count). The van der Waals surface area contributed by atoms with Gasteiger partial charge in [-0.15, -0.1) is 0 Å². The van der Waals surface area contributed by atoms with Crippen molar-refractivity contribution < 1.29 is 23.8 Å². The third-order valence-corrected chi connectivity index (χ3v) is 6.23. The second-order valence-corrected chi connectivity index (χ2v) is 10.2. The van der Waals surface area contributed by atoms with Gasteiger partial charge in [-0.25, -0.2) is 9.80 Å². The zero-order chi connectivity index (χ0) is 28.2. The first kappa shape index (κ1) is 30.0. The summed E-state index contributed by atoms with van der Waals surface area (Å²) in [6.07, 6.45) is 4.66. The number of ether oxygens (including phenoxy) is 3. The Bertz CT molecular complexity index is 1110. The van der Waals surface area contributed by atoms with Crippen molar-refractivity contribution in [1.82, 2.24) is 9.91 Å². The summed E-state index contributed by atoms with van der Waals surface area (Å²) < 4.78 is 16.6. The van der Waals surface area contributed by atoms with Gasteiger partial charge in [0.2, 0.25) is 5.91 Å². The molecule has 9 nitrogen and oxygen atoms in total. The lowest BCUT2D eigenvalue weighted by Gasteiger charge is -2.24. The van der Waals surface area contributed by atoms with E-state index in [4.69, 9.17) is 14.2 Å². The highest BCUT2D eigenvalue weighted by atomic mass is 16.5. The van der Waals surface area contributed by atoms with Gasteiger partial charge in [0.1, 0.15) is 0 Å². The predicted molar refractivity (Wildman–Crippen MR) is 154 cm³/mol. The Morgan fingerprint density at radius 3 is 2.46 bits per heavy atom. The summed E-state index contributed by atoms with van der Waals surface area (Å²) in [6.45, 7) is 5.75. The molecule has 0 aliphatic carbocycles. The van der Waals surface area contributed by atoms with Crippen LogP contribution in [0.2, 0.25) is 0 Å². The first-order chi connectivity index (χ1) is 18.7. The molecule has 2 amide bonds. The Balaban J connectivity index is 1.53. The summed E-state index contributed by atoms with van der Waals surface area (Å²) in [5.74, 6) is 1.28. The highest BCUT2D eigenvalue weighted by Gasteiger charge is 2.22. The fraction of sp³-hybridized carbons (Fsp3) is 0.500. The van der Waals surface area contributed by atoms with Crippen LogP contribution in [0.15, 0.2) is 47.6 Å². The molecule has 9 heteroatoms. The molecule has 1 aliphatic rings. The number of unbranched alkanes of at least 4 members (excludes halogenated alkanes) is 3. The fourth-order valence-electron chi connectivity index (χ4n) is 4.20. The maximum Gasteiger partial charge on any atom is 0.411 e. The number of hydrogen-bond donors (Lipinski definition) is 1. The van der Waals surface area contributed by atoms with Crippen molar-refractivity contribution >= 4 is 23.4 Å². The quantitative estimate of drug-likeness (QED) is 0.311. The van der Waals surface area contributed by atoms with Crippen molar-refractivity contribution in [3.05, 3.63) is 53.6 Å². The molecule has 212 valence electrons. The van der Waals surface area contributed by atoms with E-state index in [2.05, 4.69) is 29.4 Å². The van der Waals surface area contributed by atoms with Crippen molar-refractivity contribution in [2.24, 2.45) is 5.10 Å². The number of carbonyl (C=O) groups is 2. The SMILES string of the molecule is COc1ccc(C2=NN(Cc3ccc(NC(=O)OCCCCCCN(C)C)cc3)C(=O)CC2)cc1OC(C)C. The predicted octanol–water partition coefficient (Wildman–Crippen LogP) is 5.68. The Kier molecular flexibility index (Phi) is 11.6. The van der Waals surface area contributed by atoms with Gasteiger partial charge in [0.15, 0.2) is 11.5 Å². The van der Waals surface area contributed by atoms with Crippen LogP contribution in [0.1, 0.15) is 63.5 Å². The number of methoxy groups -OCH3 is 1. The van der Waals surface area contributed by atoms with Gasteiger partial charge in [0.05, 0.1) is 32.1 Å². The molecule has 0 atom stereocenters. The average molecular weight is 539 g/mol. The van der Waals surface area contributed by atoms with E-state index in [1.54, 1.807) is 19.2 Å². The number of benzene rings is 2. The van der Waals surface area contributed by atoms with Gasteiger partial charge in [0.25, 0.3) is 0 Å². The molecule has 0 spiro atoms. The average Bonchev–Trinajstić information content (AvgIpc) is 2.90. The Hall–Kier alpha value is -3.59. The number of nitrogens with zero attached hydrogens (tertiary/aromatic N) is 3. The maximum atomic E-state index is 12.6. The van der Waals surface area contributed by atoms with Crippen molar-refractivity contribution in [3.63, 3.8) is 0 Å². The van der Waals surface area contributed by atoms with E-state index in [1.807, 2.05) is 44.2 Å². The number of nitrogens with one attached hydrogen (secondary N) is 1. The second-order valence-electron chi connectivity index (χ2n) is 10.2. The van der Waals surface area contributed by atoms with Gasteiger partial charge in [0, 0.05) is 24.1 Å². The third kappa shape index (κ3) is 9.90. The number of hydrogen-bond acceptors (Lipinski definition) is 7. The lowest BCUT2D eigenvalue weighted by atomic mass is 10.0. The number of rotatable bonds is 14. The number of anilines is 1. The smallest absolute Gasteiger partial charge is 0.411 e. The largest absolute Gasteiger partial charge is 0.493 e. The van der Waals surface area contributed by atoms with Crippen LogP contribution in [-0.4, -0.2) is 68.1 Å². The minimum atomic E-state index is -0.461. The van der Waals surface area contributed by atoms with Crippen LogP contribution in [0.4, 0.5) is 10.5 Å². The molecule has 0 unspecified atom stereocenters. The van der Waals surface area contributed by atoms with Crippen LogP contribution in [0, 0.1) is 0 Å². The van der Waals surface area contributed by atoms with E-state index < -0.39 is 6.09 Å². The van der Waals surface area contributed by atoms with E-state index in [9.17, 15) is 9.59 Å². The summed E-state index contributed by atoms with van der Waals surface area (Å²) in [4.78, 5) is 26.9. The second kappa shape index (κ2) is 15.1. The van der Waals surface area contributed by atoms with Crippen LogP contribution in [0.5, 0.6) is 11.5 Å². The van der Waals surface area contributed by atoms with Gasteiger partial charge < -0.3 is 19.1 Å². The molecule has 1 aliphatic heterocycles. The monoisotopic (exact) mass is 538 g/mol. The molecule has 0 bridgehead atoms. The molecule has 1 N–H and O–H groups in total. The van der Waals surface area contributed by atoms with Gasteiger partial charge >= 0.3 is 6.09 Å². The number of carbonyl (C=O) groups excluding carboxylic acids is 2. The van der Waals surface area contributed by atoms with Crippen molar-refractivity contribution in [3.8, 4) is 11.5 Å². The normalized spacial score (nSPS) is 13.5. The number of amides is 2. The van der Waals surface area contributed by atoms with E-state index in [-0.39, 0.29) is 12.0 Å². The van der Waals surface area contributed by atoms with Crippen LogP contribution in [-0.2, 0) is 16.1 Å². The third-order valence-electron chi connectivity index (χ3n) is 6.23. The summed E-state index contributed by atoms with van der Waals surface area (Å²) >= 11 is 0. The van der Waals surface area contributed by atoms with E-state index in [0.29, 0.717) is 43.2 Å². The minimum Gasteiger partial charge on any atom is -0.493 e. The Morgan fingerprint density at radius 1 is 1.03 bits per heavy atom. The van der Waals surface area contributed by atoms with Gasteiger partial charge in [-0.1, -0.05) is 25.0 Å². The first-order valence-corrected chi connectivity index (χ1v) is 13.7. The molecule has 2 aromatic rings. The minimum absolute atomic E-state index is 0.00267.